The fraction of sp³-hybridized carbons (Fsp3) is 0.357. The fourth-order valence-electron chi connectivity index (χ4n) is 1.51. The average Bonchev–Trinajstić information content (AvgIpc) is 2.41. The number of esters is 1. The van der Waals surface area contributed by atoms with E-state index in [1.807, 2.05) is 38.1 Å². The van der Waals surface area contributed by atoms with Crippen LogP contribution in [0.5, 0.6) is 0 Å². The lowest BCUT2D eigenvalue weighted by Gasteiger charge is -2.09. The highest BCUT2D eigenvalue weighted by Crippen LogP contribution is 2.24. The van der Waals surface area contributed by atoms with Gasteiger partial charge in [0.1, 0.15) is 5.04 Å². The molecule has 5 heteroatoms. The number of carbonyl (C=O) groups is 1. The molecule has 0 aromatic heterocycles. The monoisotopic (exact) mass is 276 g/mol. The van der Waals surface area contributed by atoms with Gasteiger partial charge in [-0.25, -0.2) is 4.99 Å². The van der Waals surface area contributed by atoms with Crippen molar-refractivity contribution in [2.45, 2.75) is 13.8 Å². The number of carbonyl (C=O) groups excluding carboxylic acids is 1. The predicted octanol–water partition coefficient (Wildman–Crippen LogP) is 3.01. The number of hydrogen-bond donors (Lipinski definition) is 0. The van der Waals surface area contributed by atoms with Crippen LogP contribution in [0.15, 0.2) is 23.2 Å². The van der Waals surface area contributed by atoms with Gasteiger partial charge < -0.3 is 4.74 Å². The topological polar surface area (TPSA) is 62.5 Å². The number of nitrogens with zero attached hydrogens (tertiary/aromatic N) is 2. The maximum atomic E-state index is 11.5. The normalized spacial score (nSPS) is 12.7. The van der Waals surface area contributed by atoms with Gasteiger partial charge in [-0.05, 0) is 37.3 Å². The molecule has 1 rings (SSSR count). The number of hydrogen-bond acceptors (Lipinski definition) is 5. The van der Waals surface area contributed by atoms with Crippen molar-refractivity contribution in [3.8, 4) is 6.07 Å². The summed E-state index contributed by atoms with van der Waals surface area (Å²) in [5.41, 5.74) is 2.85. The molecule has 0 N–H and O–H groups in total. The van der Waals surface area contributed by atoms with Crippen LogP contribution in [-0.2, 0) is 9.53 Å². The van der Waals surface area contributed by atoms with Crippen molar-refractivity contribution in [3.63, 3.8) is 0 Å². The average molecular weight is 276 g/mol. The second-order valence-corrected chi connectivity index (χ2v) is 4.86. The molecule has 0 radical (unpaired) electrons. The molecule has 0 amide bonds. The van der Waals surface area contributed by atoms with E-state index in [1.54, 1.807) is 6.26 Å². The molecule has 0 spiro atoms. The summed E-state index contributed by atoms with van der Waals surface area (Å²) < 4.78 is 4.62. The summed E-state index contributed by atoms with van der Waals surface area (Å²) in [5, 5.41) is 9.53. The second-order valence-electron chi connectivity index (χ2n) is 4.03. The van der Waals surface area contributed by atoms with Gasteiger partial charge in [-0.1, -0.05) is 12.1 Å². The summed E-state index contributed by atoms with van der Waals surface area (Å²) >= 11 is 1.28. The molecule has 0 fully saturated rings. The minimum absolute atomic E-state index is 0.447. The lowest BCUT2D eigenvalue weighted by molar-refractivity contribution is -0.141. The number of nitriles is 1. The summed E-state index contributed by atoms with van der Waals surface area (Å²) in [6, 6.07) is 7.82. The van der Waals surface area contributed by atoms with Crippen LogP contribution in [-0.4, -0.2) is 24.4 Å². The summed E-state index contributed by atoms with van der Waals surface area (Å²) in [7, 11) is 1.27. The van der Waals surface area contributed by atoms with Crippen LogP contribution in [0.3, 0.4) is 0 Å². The molecule has 0 heterocycles. The lowest BCUT2D eigenvalue weighted by atomic mass is 10.1. The van der Waals surface area contributed by atoms with Crippen molar-refractivity contribution in [1.29, 1.82) is 5.26 Å². The van der Waals surface area contributed by atoms with E-state index >= 15 is 0 Å². The Labute approximate surface area is 117 Å². The van der Waals surface area contributed by atoms with Crippen molar-refractivity contribution >= 4 is 28.5 Å². The predicted molar refractivity (Wildman–Crippen MR) is 77.6 cm³/mol. The van der Waals surface area contributed by atoms with Crippen LogP contribution in [0.4, 0.5) is 5.69 Å². The van der Waals surface area contributed by atoms with E-state index in [2.05, 4.69) is 9.73 Å². The van der Waals surface area contributed by atoms with Gasteiger partial charge in [0.2, 0.25) is 0 Å². The number of aliphatic imine (C=N–C) groups is 1. The Morgan fingerprint density at radius 2 is 2.16 bits per heavy atom. The zero-order valence-electron chi connectivity index (χ0n) is 11.4. The minimum Gasteiger partial charge on any atom is -0.468 e. The number of methoxy groups -OCH3 is 1. The molecular weight excluding hydrogens is 260 g/mol. The maximum absolute atomic E-state index is 11.5. The Bertz CT molecular complexity index is 547. The summed E-state index contributed by atoms with van der Waals surface area (Å²) in [6.07, 6.45) is 1.79. The quantitative estimate of drug-likeness (QED) is 0.483. The van der Waals surface area contributed by atoms with Gasteiger partial charge in [0.05, 0.1) is 18.9 Å². The third kappa shape index (κ3) is 3.83. The van der Waals surface area contributed by atoms with Gasteiger partial charge in [-0.15, -0.1) is 11.8 Å². The van der Waals surface area contributed by atoms with E-state index in [1.165, 1.54) is 18.9 Å². The number of ether oxygens (including phenoxy) is 1. The van der Waals surface area contributed by atoms with E-state index in [0.717, 1.165) is 16.8 Å². The van der Waals surface area contributed by atoms with Gasteiger partial charge in [-0.3, -0.25) is 4.79 Å². The van der Waals surface area contributed by atoms with Gasteiger partial charge >= 0.3 is 5.97 Å². The van der Waals surface area contributed by atoms with Crippen LogP contribution in [0.25, 0.3) is 0 Å². The Kier molecular flexibility index (Phi) is 5.58. The highest BCUT2D eigenvalue weighted by molar-refractivity contribution is 8.13. The molecule has 19 heavy (non-hydrogen) atoms. The van der Waals surface area contributed by atoms with E-state index in [9.17, 15) is 4.79 Å². The zero-order valence-corrected chi connectivity index (χ0v) is 12.2. The van der Waals surface area contributed by atoms with Crippen molar-refractivity contribution in [1.82, 2.24) is 0 Å². The Morgan fingerprint density at radius 3 is 2.68 bits per heavy atom. The third-order valence-electron chi connectivity index (χ3n) is 2.62. The fourth-order valence-corrected chi connectivity index (χ4v) is 2.09. The zero-order chi connectivity index (χ0) is 14.4. The number of rotatable bonds is 3. The minimum atomic E-state index is -0.972. The molecule has 1 aromatic rings. The maximum Gasteiger partial charge on any atom is 0.329 e. The summed E-state index contributed by atoms with van der Waals surface area (Å²) in [4.78, 5) is 16.0. The lowest BCUT2D eigenvalue weighted by Crippen LogP contribution is -2.21. The van der Waals surface area contributed by atoms with Gasteiger partial charge in [0.15, 0.2) is 5.92 Å². The number of aryl methyl sites for hydroxylation is 2. The summed E-state index contributed by atoms with van der Waals surface area (Å²) in [5.74, 6) is -1.55. The van der Waals surface area contributed by atoms with Crippen LogP contribution in [0, 0.1) is 31.1 Å². The number of thioether (sulfide) groups is 1. The first kappa shape index (κ1) is 15.3. The molecule has 1 unspecified atom stereocenters. The third-order valence-corrected chi connectivity index (χ3v) is 3.36. The first-order valence-electron chi connectivity index (χ1n) is 5.70. The highest BCUT2D eigenvalue weighted by Gasteiger charge is 2.24. The van der Waals surface area contributed by atoms with E-state index in [4.69, 9.17) is 5.26 Å². The molecule has 0 aliphatic heterocycles. The Hall–Kier alpha value is -1.80. The SMILES string of the molecule is COC(=O)C(C#N)C(=Nc1cc(C)ccc1C)SC. The van der Waals surface area contributed by atoms with E-state index in [0.29, 0.717) is 5.04 Å². The molecule has 1 aromatic carbocycles. The van der Waals surface area contributed by atoms with Gasteiger partial charge in [-0.2, -0.15) is 5.26 Å². The molecule has 0 bridgehead atoms. The Morgan fingerprint density at radius 1 is 1.47 bits per heavy atom. The largest absolute Gasteiger partial charge is 0.468 e. The van der Waals surface area contributed by atoms with Crippen molar-refractivity contribution < 1.29 is 9.53 Å². The van der Waals surface area contributed by atoms with Gasteiger partial charge in [0.25, 0.3) is 0 Å². The standard InChI is InChI=1S/C14H16N2O2S/c1-9-5-6-10(2)12(7-9)16-13(19-4)11(8-15)14(17)18-3/h5-7,11H,1-4H3. The van der Waals surface area contributed by atoms with Crippen LogP contribution >= 0.6 is 11.8 Å². The molecule has 100 valence electrons. The second kappa shape index (κ2) is 6.95. The Balaban J connectivity index is 3.21. The van der Waals surface area contributed by atoms with E-state index in [-0.39, 0.29) is 0 Å². The smallest absolute Gasteiger partial charge is 0.329 e. The molecule has 0 saturated carbocycles. The molecule has 1 atom stereocenters. The highest BCUT2D eigenvalue weighted by atomic mass is 32.2. The molecule has 4 nitrogen and oxygen atoms in total. The van der Waals surface area contributed by atoms with Crippen molar-refractivity contribution in [2.24, 2.45) is 10.9 Å². The molecule has 0 aliphatic carbocycles. The first-order valence-corrected chi connectivity index (χ1v) is 6.93. The molecule has 0 saturated heterocycles. The van der Waals surface area contributed by atoms with Crippen molar-refractivity contribution in [2.75, 3.05) is 13.4 Å². The van der Waals surface area contributed by atoms with Gasteiger partial charge in [0, 0.05) is 0 Å². The first-order chi connectivity index (χ1) is 9.03. The summed E-state index contributed by atoms with van der Waals surface area (Å²) in [6.45, 7) is 3.91. The van der Waals surface area contributed by atoms with E-state index < -0.39 is 11.9 Å². The molecule has 0 aliphatic rings. The van der Waals surface area contributed by atoms with Crippen LogP contribution in [0.1, 0.15) is 11.1 Å². The van der Waals surface area contributed by atoms with Crippen LogP contribution < -0.4 is 0 Å². The van der Waals surface area contributed by atoms with Crippen molar-refractivity contribution in [3.05, 3.63) is 29.3 Å². The van der Waals surface area contributed by atoms with Crippen LogP contribution in [0.2, 0.25) is 0 Å². The molecular formula is C14H16N2O2S. The number of benzene rings is 1.